The Labute approximate surface area is 154 Å². The Morgan fingerprint density at radius 1 is 0.923 bits per heavy atom. The van der Waals surface area contributed by atoms with Crippen molar-refractivity contribution in [3.05, 3.63) is 60.7 Å². The maximum absolute atomic E-state index is 10.4. The molecular weight excluding hydrogens is 374 g/mol. The third kappa shape index (κ3) is 9.38. The van der Waals surface area contributed by atoms with Gasteiger partial charge in [0, 0.05) is 30.2 Å². The zero-order valence-corrected chi connectivity index (χ0v) is 16.3. The molecule has 2 aromatic rings. The Balaban J connectivity index is 0.000000195. The molecule has 0 aliphatic carbocycles. The van der Waals surface area contributed by atoms with Crippen molar-refractivity contribution >= 4 is 26.7 Å². The number of rotatable bonds is 2. The lowest BCUT2D eigenvalue weighted by molar-refractivity contribution is 0.168. The SMILES string of the molecule is NC1CNCCN1N.O=[PH](O)c1ccccc1.O=[PH](O)c1ccccc1. The van der Waals surface area contributed by atoms with Crippen molar-refractivity contribution in [3.8, 4) is 0 Å². The molecule has 8 nitrogen and oxygen atoms in total. The summed E-state index contributed by atoms with van der Waals surface area (Å²) in [7, 11) is -4.92. The van der Waals surface area contributed by atoms with Crippen molar-refractivity contribution in [2.24, 2.45) is 11.6 Å². The molecule has 0 amide bonds. The average Bonchev–Trinajstić information content (AvgIpc) is 2.66. The zero-order valence-electron chi connectivity index (χ0n) is 14.3. The molecule has 1 heterocycles. The quantitative estimate of drug-likeness (QED) is 0.339. The molecule has 3 rings (SSSR count). The van der Waals surface area contributed by atoms with Crippen molar-refractivity contribution in [3.63, 3.8) is 0 Å². The van der Waals surface area contributed by atoms with E-state index in [0.29, 0.717) is 10.6 Å². The molecule has 0 aromatic heterocycles. The van der Waals surface area contributed by atoms with Crippen LogP contribution in [-0.4, -0.2) is 40.6 Å². The van der Waals surface area contributed by atoms with Crippen LogP contribution in [0.3, 0.4) is 0 Å². The number of nitrogens with one attached hydrogen (secondary N) is 1. The predicted molar refractivity (Wildman–Crippen MR) is 106 cm³/mol. The summed E-state index contributed by atoms with van der Waals surface area (Å²) >= 11 is 0. The van der Waals surface area contributed by atoms with Gasteiger partial charge < -0.3 is 20.8 Å². The van der Waals surface area contributed by atoms with Gasteiger partial charge in [-0.1, -0.05) is 36.4 Å². The smallest absolute Gasteiger partial charge is 0.218 e. The topological polar surface area (TPSA) is 142 Å². The van der Waals surface area contributed by atoms with Crippen LogP contribution in [0.1, 0.15) is 0 Å². The average molecular weight is 400 g/mol. The zero-order chi connectivity index (χ0) is 19.4. The molecule has 0 spiro atoms. The molecule has 2 aromatic carbocycles. The minimum Gasteiger partial charge on any atom is -0.343 e. The first-order valence-corrected chi connectivity index (χ1v) is 10.7. The fourth-order valence-corrected chi connectivity index (χ4v) is 2.86. The van der Waals surface area contributed by atoms with Gasteiger partial charge in [0.25, 0.3) is 0 Å². The van der Waals surface area contributed by atoms with Gasteiger partial charge in [0.05, 0.1) is 6.17 Å². The summed E-state index contributed by atoms with van der Waals surface area (Å²) in [5.41, 5.74) is 5.52. The highest BCUT2D eigenvalue weighted by molar-refractivity contribution is 7.47. The lowest BCUT2D eigenvalue weighted by Gasteiger charge is -2.28. The molecule has 0 bridgehead atoms. The number of piperazine rings is 1. The van der Waals surface area contributed by atoms with E-state index in [9.17, 15) is 9.13 Å². The Hall–Kier alpha value is -1.34. The minimum atomic E-state index is -2.46. The van der Waals surface area contributed by atoms with Crippen LogP contribution in [0.2, 0.25) is 0 Å². The molecule has 1 aliphatic rings. The van der Waals surface area contributed by atoms with Crippen molar-refractivity contribution in [1.82, 2.24) is 10.3 Å². The van der Waals surface area contributed by atoms with E-state index < -0.39 is 16.1 Å². The first-order chi connectivity index (χ1) is 12.4. The van der Waals surface area contributed by atoms with E-state index in [-0.39, 0.29) is 6.17 Å². The molecule has 7 N–H and O–H groups in total. The van der Waals surface area contributed by atoms with Gasteiger partial charge in [-0.2, -0.15) is 0 Å². The van der Waals surface area contributed by atoms with E-state index >= 15 is 0 Å². The summed E-state index contributed by atoms with van der Waals surface area (Å²) in [6.07, 6.45) is 0.00347. The van der Waals surface area contributed by atoms with Gasteiger partial charge in [0.2, 0.25) is 16.1 Å². The molecule has 26 heavy (non-hydrogen) atoms. The first kappa shape index (κ1) is 22.7. The molecule has 1 fully saturated rings. The molecule has 0 radical (unpaired) electrons. The molecule has 1 aliphatic heterocycles. The second-order valence-corrected chi connectivity index (χ2v) is 7.73. The third-order valence-corrected chi connectivity index (χ3v) is 5.02. The maximum atomic E-state index is 10.4. The normalized spacial score (nSPS) is 19.2. The van der Waals surface area contributed by atoms with Crippen LogP contribution in [0.25, 0.3) is 0 Å². The van der Waals surface area contributed by atoms with Crippen LogP contribution < -0.4 is 27.5 Å². The van der Waals surface area contributed by atoms with Gasteiger partial charge in [-0.3, -0.25) is 15.0 Å². The number of nitrogens with two attached hydrogens (primary N) is 2. The summed E-state index contributed by atoms with van der Waals surface area (Å²) in [5, 5.41) is 5.80. The van der Waals surface area contributed by atoms with E-state index in [1.165, 1.54) is 0 Å². The molecular formula is C16H26N4O4P2. The Morgan fingerprint density at radius 2 is 1.35 bits per heavy atom. The van der Waals surface area contributed by atoms with Crippen LogP contribution in [0.5, 0.6) is 0 Å². The largest absolute Gasteiger partial charge is 0.343 e. The van der Waals surface area contributed by atoms with Gasteiger partial charge in [-0.05, 0) is 24.3 Å². The standard InChI is InChI=1S/2C6H7O2P.C4H12N4/c2*7-9(8)6-4-2-1-3-5-6;5-4-3-7-1-2-8(4)6/h2*1-5,9H,(H,7,8);4,7H,1-3,5-6H2. The minimum absolute atomic E-state index is 0.00347. The molecule has 10 heteroatoms. The van der Waals surface area contributed by atoms with E-state index in [0.717, 1.165) is 19.6 Å². The summed E-state index contributed by atoms with van der Waals surface area (Å²) in [4.78, 5) is 17.1. The Kier molecular flexibility index (Phi) is 11.3. The Bertz CT molecular complexity index is 617. The number of hydrazine groups is 1. The van der Waals surface area contributed by atoms with Gasteiger partial charge in [-0.15, -0.1) is 0 Å². The number of hydrogen-bond donors (Lipinski definition) is 5. The van der Waals surface area contributed by atoms with Crippen LogP contribution in [-0.2, 0) is 9.13 Å². The van der Waals surface area contributed by atoms with Gasteiger partial charge in [0.1, 0.15) is 0 Å². The summed E-state index contributed by atoms with van der Waals surface area (Å²) in [6, 6.07) is 17.2. The molecule has 3 atom stereocenters. The van der Waals surface area contributed by atoms with Crippen LogP contribution >= 0.6 is 16.1 Å². The highest BCUT2D eigenvalue weighted by atomic mass is 31.1. The first-order valence-electron chi connectivity index (χ1n) is 7.96. The van der Waals surface area contributed by atoms with E-state index in [4.69, 9.17) is 21.4 Å². The van der Waals surface area contributed by atoms with E-state index in [1.54, 1.807) is 53.5 Å². The number of benzene rings is 2. The third-order valence-electron chi connectivity index (χ3n) is 3.37. The maximum Gasteiger partial charge on any atom is 0.218 e. The summed E-state index contributed by atoms with van der Waals surface area (Å²) in [5.74, 6) is 5.45. The van der Waals surface area contributed by atoms with E-state index in [1.807, 2.05) is 12.1 Å². The fourth-order valence-electron chi connectivity index (χ4n) is 1.90. The number of hydrogen-bond acceptors (Lipinski definition) is 6. The molecule has 1 saturated heterocycles. The molecule has 0 saturated carbocycles. The second kappa shape index (κ2) is 12.9. The second-order valence-electron chi connectivity index (χ2n) is 5.35. The van der Waals surface area contributed by atoms with E-state index in [2.05, 4.69) is 5.32 Å². The van der Waals surface area contributed by atoms with Crippen LogP contribution in [0.15, 0.2) is 60.7 Å². The highest BCUT2D eigenvalue weighted by Crippen LogP contribution is 2.11. The predicted octanol–water partition coefficient (Wildman–Crippen LogP) is -0.392. The van der Waals surface area contributed by atoms with Gasteiger partial charge >= 0.3 is 0 Å². The van der Waals surface area contributed by atoms with Gasteiger partial charge in [-0.25, -0.2) is 5.01 Å². The van der Waals surface area contributed by atoms with Crippen LogP contribution in [0.4, 0.5) is 0 Å². The lowest BCUT2D eigenvalue weighted by Crippen LogP contribution is -2.58. The van der Waals surface area contributed by atoms with Crippen molar-refractivity contribution in [2.75, 3.05) is 19.6 Å². The molecule has 3 unspecified atom stereocenters. The van der Waals surface area contributed by atoms with Gasteiger partial charge in [0.15, 0.2) is 0 Å². The van der Waals surface area contributed by atoms with Crippen LogP contribution in [0, 0.1) is 0 Å². The number of nitrogens with zero attached hydrogens (tertiary/aromatic N) is 1. The lowest BCUT2D eigenvalue weighted by atomic mass is 10.4. The Morgan fingerprint density at radius 3 is 1.58 bits per heavy atom. The summed E-state index contributed by atoms with van der Waals surface area (Å²) < 4.78 is 20.8. The van der Waals surface area contributed by atoms with Crippen molar-refractivity contribution in [2.45, 2.75) is 6.17 Å². The fraction of sp³-hybridized carbons (Fsp3) is 0.250. The molecule has 144 valence electrons. The van der Waals surface area contributed by atoms with Crippen molar-refractivity contribution in [1.29, 1.82) is 0 Å². The highest BCUT2D eigenvalue weighted by Gasteiger charge is 2.12. The van der Waals surface area contributed by atoms with Crippen molar-refractivity contribution < 1.29 is 18.9 Å². The monoisotopic (exact) mass is 400 g/mol. The summed E-state index contributed by atoms with van der Waals surface area (Å²) in [6.45, 7) is 2.60.